The van der Waals surface area contributed by atoms with E-state index in [0.29, 0.717) is 23.4 Å². The Kier molecular flexibility index (Phi) is 3.78. The quantitative estimate of drug-likeness (QED) is 0.924. The third-order valence-corrected chi connectivity index (χ3v) is 6.44. The topological polar surface area (TPSA) is 54.4 Å². The number of hydrogen-bond donors (Lipinski definition) is 1. The summed E-state index contributed by atoms with van der Waals surface area (Å²) >= 11 is 5.80. The second kappa shape index (κ2) is 5.44. The number of halogens is 1. The minimum Gasteiger partial charge on any atom is -0.387 e. The van der Waals surface area contributed by atoms with Crippen LogP contribution in [-0.2, 0) is 16.3 Å². The van der Waals surface area contributed by atoms with Crippen molar-refractivity contribution in [3.63, 3.8) is 0 Å². The lowest BCUT2D eigenvalue weighted by atomic mass is 9.89. The number of aliphatic hydroxyl groups is 1. The normalized spacial score (nSPS) is 21.8. The van der Waals surface area contributed by atoms with Gasteiger partial charge in [-0.1, -0.05) is 35.9 Å². The summed E-state index contributed by atoms with van der Waals surface area (Å²) in [7, 11) is -3.58. The van der Waals surface area contributed by atoms with Crippen molar-refractivity contribution >= 4 is 21.4 Å². The Morgan fingerprint density at radius 3 is 2.43 bits per heavy atom. The van der Waals surface area contributed by atoms with Crippen LogP contribution in [0, 0.1) is 0 Å². The molecule has 0 radical (unpaired) electrons. The van der Waals surface area contributed by atoms with Gasteiger partial charge in [0.1, 0.15) is 0 Å². The molecule has 0 spiro atoms. The molecule has 0 saturated carbocycles. The first kappa shape index (κ1) is 14.6. The van der Waals surface area contributed by atoms with E-state index in [0.717, 1.165) is 5.56 Å². The molecule has 1 aliphatic carbocycles. The first-order valence-electron chi connectivity index (χ1n) is 6.75. The van der Waals surface area contributed by atoms with Gasteiger partial charge in [-0.15, -0.1) is 0 Å². The zero-order valence-corrected chi connectivity index (χ0v) is 12.8. The van der Waals surface area contributed by atoms with Crippen LogP contribution in [0.3, 0.4) is 0 Å². The molecule has 0 saturated heterocycles. The zero-order valence-electron chi connectivity index (χ0n) is 11.2. The fourth-order valence-electron chi connectivity index (χ4n) is 2.83. The van der Waals surface area contributed by atoms with Gasteiger partial charge in [0.05, 0.1) is 16.2 Å². The summed E-state index contributed by atoms with van der Waals surface area (Å²) in [5.41, 5.74) is 1.74. The Morgan fingerprint density at radius 2 is 1.71 bits per heavy atom. The molecule has 0 heterocycles. The van der Waals surface area contributed by atoms with Gasteiger partial charge in [-0.3, -0.25) is 0 Å². The lowest BCUT2D eigenvalue weighted by molar-refractivity contribution is 0.159. The highest BCUT2D eigenvalue weighted by atomic mass is 35.5. The fraction of sp³-hybridized carbons (Fsp3) is 0.250. The van der Waals surface area contributed by atoms with Crippen LogP contribution in [0.15, 0.2) is 53.4 Å². The van der Waals surface area contributed by atoms with Gasteiger partial charge in [0.15, 0.2) is 9.84 Å². The number of benzene rings is 2. The molecule has 5 heteroatoms. The van der Waals surface area contributed by atoms with E-state index >= 15 is 0 Å². The van der Waals surface area contributed by atoms with E-state index in [1.807, 2.05) is 18.2 Å². The largest absolute Gasteiger partial charge is 0.387 e. The molecule has 0 fully saturated rings. The molecule has 110 valence electrons. The Balaban J connectivity index is 1.99. The lowest BCUT2D eigenvalue weighted by Crippen LogP contribution is -2.33. The van der Waals surface area contributed by atoms with Crippen LogP contribution in [0.1, 0.15) is 23.7 Å². The van der Waals surface area contributed by atoms with Crippen molar-refractivity contribution in [3.8, 4) is 0 Å². The number of hydrogen-bond acceptors (Lipinski definition) is 3. The summed E-state index contributed by atoms with van der Waals surface area (Å²) in [6.07, 6.45) is 0.0871. The maximum atomic E-state index is 12.7. The first-order valence-corrected chi connectivity index (χ1v) is 8.68. The van der Waals surface area contributed by atoms with E-state index in [1.165, 1.54) is 12.1 Å². The average Bonchev–Trinajstić information content (AvgIpc) is 2.48. The predicted molar refractivity (Wildman–Crippen MR) is 82.1 cm³/mol. The highest BCUT2D eigenvalue weighted by Crippen LogP contribution is 2.36. The molecule has 2 aromatic carbocycles. The summed E-state index contributed by atoms with van der Waals surface area (Å²) in [5, 5.41) is 10.1. The van der Waals surface area contributed by atoms with Gasteiger partial charge in [0, 0.05) is 5.02 Å². The van der Waals surface area contributed by atoms with Crippen LogP contribution >= 0.6 is 11.6 Å². The Hall–Kier alpha value is -1.36. The number of aliphatic hydroxyl groups excluding tert-OH is 1. The van der Waals surface area contributed by atoms with Crippen LogP contribution < -0.4 is 0 Å². The van der Waals surface area contributed by atoms with E-state index in [2.05, 4.69) is 0 Å². The van der Waals surface area contributed by atoms with E-state index in [-0.39, 0.29) is 4.90 Å². The molecule has 3 nitrogen and oxygen atoms in total. The summed E-state index contributed by atoms with van der Waals surface area (Å²) in [4.78, 5) is 0.204. The van der Waals surface area contributed by atoms with E-state index in [9.17, 15) is 13.5 Å². The molecule has 0 aliphatic heterocycles. The van der Waals surface area contributed by atoms with Crippen molar-refractivity contribution in [1.29, 1.82) is 0 Å². The van der Waals surface area contributed by atoms with Crippen molar-refractivity contribution < 1.29 is 13.5 Å². The van der Waals surface area contributed by atoms with Gasteiger partial charge in [-0.25, -0.2) is 8.42 Å². The number of sulfone groups is 1. The summed E-state index contributed by atoms with van der Waals surface area (Å²) in [6.45, 7) is 0. The van der Waals surface area contributed by atoms with Crippen molar-refractivity contribution in [3.05, 3.63) is 64.7 Å². The zero-order chi connectivity index (χ0) is 15.0. The molecule has 3 rings (SSSR count). The van der Waals surface area contributed by atoms with E-state index < -0.39 is 21.2 Å². The molecule has 0 amide bonds. The minimum atomic E-state index is -3.58. The number of fused-ring (bicyclic) bond motifs is 1. The maximum absolute atomic E-state index is 12.7. The Bertz CT molecular complexity index is 753. The Labute approximate surface area is 129 Å². The molecule has 1 aliphatic rings. The third kappa shape index (κ3) is 2.59. The first-order chi connectivity index (χ1) is 10.00. The van der Waals surface area contributed by atoms with Gasteiger partial charge in [0.2, 0.25) is 0 Å². The number of aryl methyl sites for hydroxylation is 1. The fourth-order valence-corrected chi connectivity index (χ4v) is 4.74. The predicted octanol–water partition coefficient (Wildman–Crippen LogP) is 3.16. The van der Waals surface area contributed by atoms with Gasteiger partial charge >= 0.3 is 0 Å². The average molecular weight is 323 g/mol. The van der Waals surface area contributed by atoms with Crippen molar-refractivity contribution in [1.82, 2.24) is 0 Å². The highest BCUT2D eigenvalue weighted by Gasteiger charge is 2.38. The van der Waals surface area contributed by atoms with Crippen LogP contribution in [0.5, 0.6) is 0 Å². The van der Waals surface area contributed by atoms with Gasteiger partial charge in [-0.2, -0.15) is 0 Å². The van der Waals surface area contributed by atoms with Gasteiger partial charge in [-0.05, 0) is 48.2 Å². The summed E-state index contributed by atoms with van der Waals surface area (Å²) in [6, 6.07) is 13.5. The van der Waals surface area contributed by atoms with Gasteiger partial charge in [0.25, 0.3) is 0 Å². The molecular formula is C16H15ClO3S. The van der Waals surface area contributed by atoms with Crippen molar-refractivity contribution in [2.75, 3.05) is 0 Å². The second-order valence-corrected chi connectivity index (χ2v) is 7.82. The summed E-state index contributed by atoms with van der Waals surface area (Å²) < 4.78 is 25.4. The number of rotatable bonds is 2. The molecule has 0 bridgehead atoms. The van der Waals surface area contributed by atoms with Crippen LogP contribution in [0.4, 0.5) is 0 Å². The minimum absolute atomic E-state index is 0.204. The Morgan fingerprint density at radius 1 is 1.05 bits per heavy atom. The molecule has 2 atom stereocenters. The van der Waals surface area contributed by atoms with Crippen LogP contribution in [0.2, 0.25) is 5.02 Å². The van der Waals surface area contributed by atoms with E-state index in [4.69, 9.17) is 11.6 Å². The smallest absolute Gasteiger partial charge is 0.184 e. The standard InChI is InChI=1S/C16H15ClO3S/c17-12-6-8-13(9-7-12)21(19,20)15-10-5-11-3-1-2-4-14(11)16(15)18/h1-4,6-9,15-16,18H,5,10H2. The molecule has 2 aromatic rings. The van der Waals surface area contributed by atoms with Crippen LogP contribution in [0.25, 0.3) is 0 Å². The third-order valence-electron chi connectivity index (χ3n) is 3.96. The molecule has 1 N–H and O–H groups in total. The van der Waals surface area contributed by atoms with Crippen LogP contribution in [-0.4, -0.2) is 18.8 Å². The SMILES string of the molecule is O=S(=O)(c1ccc(Cl)cc1)C1CCc2ccccc2C1O. The molecule has 2 unspecified atom stereocenters. The van der Waals surface area contributed by atoms with Gasteiger partial charge < -0.3 is 5.11 Å². The maximum Gasteiger partial charge on any atom is 0.184 e. The van der Waals surface area contributed by atoms with Crippen molar-refractivity contribution in [2.45, 2.75) is 29.1 Å². The lowest BCUT2D eigenvalue weighted by Gasteiger charge is -2.29. The molecule has 21 heavy (non-hydrogen) atoms. The molecular weight excluding hydrogens is 308 g/mol. The molecule has 0 aromatic heterocycles. The second-order valence-electron chi connectivity index (χ2n) is 5.22. The van der Waals surface area contributed by atoms with Crippen molar-refractivity contribution in [2.24, 2.45) is 0 Å². The monoisotopic (exact) mass is 322 g/mol. The highest BCUT2D eigenvalue weighted by molar-refractivity contribution is 7.92. The van der Waals surface area contributed by atoms with E-state index in [1.54, 1.807) is 18.2 Å². The summed E-state index contributed by atoms with van der Waals surface area (Å²) in [5.74, 6) is 0.